The van der Waals surface area contributed by atoms with E-state index >= 15 is 0 Å². The van der Waals surface area contributed by atoms with Crippen LogP contribution in [0.25, 0.3) is 0 Å². The zero-order valence-corrected chi connectivity index (χ0v) is 15.4. The minimum atomic E-state index is -0.0571. The predicted octanol–water partition coefficient (Wildman–Crippen LogP) is 1.77. The van der Waals surface area contributed by atoms with Gasteiger partial charge in [0.25, 0.3) is 5.91 Å². The maximum atomic E-state index is 12.7. The van der Waals surface area contributed by atoms with Gasteiger partial charge in [0, 0.05) is 44.1 Å². The van der Waals surface area contributed by atoms with Gasteiger partial charge in [-0.05, 0) is 24.7 Å². The van der Waals surface area contributed by atoms with Crippen molar-refractivity contribution in [3.8, 4) is 11.5 Å². The summed E-state index contributed by atoms with van der Waals surface area (Å²) in [5.41, 5.74) is 1.18. The molecule has 1 saturated heterocycles. The van der Waals surface area contributed by atoms with Crippen molar-refractivity contribution in [3.63, 3.8) is 0 Å². The first-order valence-electron chi connectivity index (χ1n) is 9.24. The summed E-state index contributed by atoms with van der Waals surface area (Å²) in [5, 5.41) is 3.13. The monoisotopic (exact) mass is 369 g/mol. The number of carbonyl (C=O) groups is 1. The van der Waals surface area contributed by atoms with Crippen molar-refractivity contribution < 1.29 is 14.3 Å². The van der Waals surface area contributed by atoms with Crippen LogP contribution in [0.15, 0.2) is 30.5 Å². The van der Waals surface area contributed by atoms with Crippen molar-refractivity contribution in [2.45, 2.75) is 6.92 Å². The highest BCUT2D eigenvalue weighted by molar-refractivity contribution is 5.92. The van der Waals surface area contributed by atoms with Gasteiger partial charge in [-0.25, -0.2) is 9.97 Å². The van der Waals surface area contributed by atoms with E-state index in [0.29, 0.717) is 30.6 Å². The fourth-order valence-electron chi connectivity index (χ4n) is 3.22. The van der Waals surface area contributed by atoms with E-state index < -0.39 is 0 Å². The van der Waals surface area contributed by atoms with Gasteiger partial charge in [0.2, 0.25) is 5.95 Å². The quantitative estimate of drug-likeness (QED) is 0.880. The number of aromatic nitrogens is 2. The van der Waals surface area contributed by atoms with Crippen molar-refractivity contribution in [1.29, 1.82) is 0 Å². The molecule has 0 unspecified atom stereocenters. The predicted molar refractivity (Wildman–Crippen MR) is 101 cm³/mol. The number of benzene rings is 1. The first-order valence-corrected chi connectivity index (χ1v) is 9.24. The Morgan fingerprint density at radius 3 is 2.67 bits per heavy atom. The SMILES string of the molecule is CCN1CCN(C(=O)c2ccnc(Nc3ccc4c(c3)OCCO4)n2)CC1. The maximum Gasteiger partial charge on any atom is 0.272 e. The van der Waals surface area contributed by atoms with E-state index in [4.69, 9.17) is 9.47 Å². The molecule has 3 heterocycles. The lowest BCUT2D eigenvalue weighted by Crippen LogP contribution is -2.48. The van der Waals surface area contributed by atoms with Gasteiger partial charge in [-0.3, -0.25) is 4.79 Å². The number of amides is 1. The molecular weight excluding hydrogens is 346 g/mol. The number of piperazine rings is 1. The Labute approximate surface area is 158 Å². The summed E-state index contributed by atoms with van der Waals surface area (Å²) in [4.78, 5) is 25.5. The first kappa shape index (κ1) is 17.5. The second kappa shape index (κ2) is 7.79. The molecule has 142 valence electrons. The minimum Gasteiger partial charge on any atom is -0.486 e. The standard InChI is InChI=1S/C19H23N5O3/c1-2-23-7-9-24(10-8-23)18(25)15-5-6-20-19(22-15)21-14-3-4-16-17(13-14)27-12-11-26-16/h3-6,13H,2,7-12H2,1H3,(H,20,21,22). The van der Waals surface area contributed by atoms with Crippen molar-refractivity contribution in [3.05, 3.63) is 36.2 Å². The van der Waals surface area contributed by atoms with Gasteiger partial charge in [-0.15, -0.1) is 0 Å². The second-order valence-electron chi connectivity index (χ2n) is 6.48. The van der Waals surface area contributed by atoms with Crippen LogP contribution in [0.3, 0.4) is 0 Å². The summed E-state index contributed by atoms with van der Waals surface area (Å²) in [6, 6.07) is 7.22. The summed E-state index contributed by atoms with van der Waals surface area (Å²) in [5.74, 6) is 1.73. The lowest BCUT2D eigenvalue weighted by Gasteiger charge is -2.33. The Morgan fingerprint density at radius 2 is 1.89 bits per heavy atom. The lowest BCUT2D eigenvalue weighted by atomic mass is 10.2. The average Bonchev–Trinajstić information content (AvgIpc) is 2.73. The highest BCUT2D eigenvalue weighted by Gasteiger charge is 2.22. The molecule has 4 rings (SSSR count). The molecule has 1 aromatic heterocycles. The molecule has 0 radical (unpaired) electrons. The van der Waals surface area contributed by atoms with Crippen LogP contribution in [0.5, 0.6) is 11.5 Å². The third-order valence-electron chi connectivity index (χ3n) is 4.78. The topological polar surface area (TPSA) is 79.8 Å². The van der Waals surface area contributed by atoms with Crippen LogP contribution in [0.4, 0.5) is 11.6 Å². The zero-order chi connectivity index (χ0) is 18.6. The molecule has 0 spiro atoms. The van der Waals surface area contributed by atoms with Crippen molar-refractivity contribution in [1.82, 2.24) is 19.8 Å². The van der Waals surface area contributed by atoms with Gasteiger partial charge < -0.3 is 24.6 Å². The van der Waals surface area contributed by atoms with Gasteiger partial charge in [0.05, 0.1) is 0 Å². The number of hydrogen-bond acceptors (Lipinski definition) is 7. The van der Waals surface area contributed by atoms with Gasteiger partial charge in [-0.1, -0.05) is 6.92 Å². The normalized spacial score (nSPS) is 16.9. The number of nitrogens with zero attached hydrogens (tertiary/aromatic N) is 4. The Bertz CT molecular complexity index is 821. The summed E-state index contributed by atoms with van der Waals surface area (Å²) < 4.78 is 11.1. The van der Waals surface area contributed by atoms with Gasteiger partial charge in [-0.2, -0.15) is 0 Å². The Morgan fingerprint density at radius 1 is 1.11 bits per heavy atom. The van der Waals surface area contributed by atoms with Gasteiger partial charge in [0.15, 0.2) is 11.5 Å². The number of likely N-dealkylation sites (N-methyl/N-ethyl adjacent to an activating group) is 1. The number of carbonyl (C=O) groups excluding carboxylic acids is 1. The van der Waals surface area contributed by atoms with Gasteiger partial charge in [0.1, 0.15) is 18.9 Å². The van der Waals surface area contributed by atoms with E-state index in [2.05, 4.69) is 27.1 Å². The third-order valence-corrected chi connectivity index (χ3v) is 4.78. The molecule has 2 aromatic rings. The fraction of sp³-hybridized carbons (Fsp3) is 0.421. The van der Waals surface area contributed by atoms with E-state index in [9.17, 15) is 4.79 Å². The van der Waals surface area contributed by atoms with Crippen LogP contribution in [-0.2, 0) is 0 Å². The van der Waals surface area contributed by atoms with Crippen LogP contribution >= 0.6 is 0 Å². The Kier molecular flexibility index (Phi) is 5.06. The van der Waals surface area contributed by atoms with Crippen LogP contribution in [0.1, 0.15) is 17.4 Å². The average molecular weight is 369 g/mol. The molecule has 0 atom stereocenters. The minimum absolute atomic E-state index is 0.0571. The lowest BCUT2D eigenvalue weighted by molar-refractivity contribution is 0.0637. The van der Waals surface area contributed by atoms with E-state index in [1.807, 2.05) is 23.1 Å². The Hall–Kier alpha value is -2.87. The van der Waals surface area contributed by atoms with E-state index in [0.717, 1.165) is 44.2 Å². The van der Waals surface area contributed by atoms with E-state index in [1.165, 1.54) is 0 Å². The fourth-order valence-corrected chi connectivity index (χ4v) is 3.22. The number of anilines is 2. The second-order valence-corrected chi connectivity index (χ2v) is 6.48. The summed E-state index contributed by atoms with van der Waals surface area (Å²) in [6.07, 6.45) is 1.60. The maximum absolute atomic E-state index is 12.7. The number of fused-ring (bicyclic) bond motifs is 1. The molecule has 0 aliphatic carbocycles. The molecule has 2 aliphatic heterocycles. The highest BCUT2D eigenvalue weighted by atomic mass is 16.6. The molecule has 1 aromatic carbocycles. The number of ether oxygens (including phenoxy) is 2. The highest BCUT2D eigenvalue weighted by Crippen LogP contribution is 2.33. The van der Waals surface area contributed by atoms with E-state index in [1.54, 1.807) is 12.3 Å². The molecule has 1 N–H and O–H groups in total. The molecule has 1 fully saturated rings. The smallest absolute Gasteiger partial charge is 0.272 e. The Balaban J connectivity index is 1.45. The van der Waals surface area contributed by atoms with Gasteiger partial charge >= 0.3 is 0 Å². The summed E-state index contributed by atoms with van der Waals surface area (Å²) >= 11 is 0. The van der Waals surface area contributed by atoms with Crippen LogP contribution in [0, 0.1) is 0 Å². The zero-order valence-electron chi connectivity index (χ0n) is 15.4. The van der Waals surface area contributed by atoms with E-state index in [-0.39, 0.29) is 5.91 Å². The first-order chi connectivity index (χ1) is 13.2. The molecule has 8 nitrogen and oxygen atoms in total. The molecular formula is C19H23N5O3. The van der Waals surface area contributed by atoms with Crippen LogP contribution in [-0.4, -0.2) is 71.6 Å². The summed E-state index contributed by atoms with van der Waals surface area (Å²) in [7, 11) is 0. The number of nitrogens with one attached hydrogen (secondary N) is 1. The number of hydrogen-bond donors (Lipinski definition) is 1. The molecule has 0 saturated carbocycles. The molecule has 0 bridgehead atoms. The van der Waals surface area contributed by atoms with Crippen molar-refractivity contribution >= 4 is 17.5 Å². The third kappa shape index (κ3) is 3.95. The molecule has 1 amide bonds. The van der Waals surface area contributed by atoms with Crippen LogP contribution in [0.2, 0.25) is 0 Å². The summed E-state index contributed by atoms with van der Waals surface area (Å²) in [6.45, 7) is 7.48. The van der Waals surface area contributed by atoms with Crippen LogP contribution < -0.4 is 14.8 Å². The molecule has 8 heteroatoms. The molecule has 2 aliphatic rings. The largest absolute Gasteiger partial charge is 0.486 e. The van der Waals surface area contributed by atoms with Crippen molar-refractivity contribution in [2.75, 3.05) is 51.3 Å². The van der Waals surface area contributed by atoms with Crippen molar-refractivity contribution in [2.24, 2.45) is 0 Å². The molecule has 27 heavy (non-hydrogen) atoms. The number of rotatable bonds is 4.